The molecule has 2 N–H and O–H groups in total. The van der Waals surface area contributed by atoms with Crippen LogP contribution in [0.15, 0.2) is 0 Å². The van der Waals surface area contributed by atoms with E-state index >= 15 is 0 Å². The lowest BCUT2D eigenvalue weighted by molar-refractivity contribution is -0.150. The minimum absolute atomic E-state index is 0. The highest BCUT2D eigenvalue weighted by atomic mass is 35.5. The number of hydrogen-bond donors (Lipinski definition) is 2. The third kappa shape index (κ3) is 0.739. The standard InChI is InChI=1S/C6H9NO2.ClH/c8-5(9)6-1-4(2-6)7-3-6;/h4,7H,1-3H2,(H,8,9);1H. The molecule has 0 aromatic carbocycles. The summed E-state index contributed by atoms with van der Waals surface area (Å²) in [7, 11) is 0. The molecular weight excluding hydrogens is 154 g/mol. The van der Waals surface area contributed by atoms with Gasteiger partial charge in [0, 0.05) is 12.6 Å². The maximum atomic E-state index is 10.5. The highest BCUT2D eigenvalue weighted by molar-refractivity contribution is 5.85. The molecular formula is C6H10ClNO2. The molecule has 0 amide bonds. The highest BCUT2D eigenvalue weighted by Crippen LogP contribution is 2.46. The first-order valence-electron chi connectivity index (χ1n) is 3.20. The summed E-state index contributed by atoms with van der Waals surface area (Å²) in [5.41, 5.74) is -0.356. The van der Waals surface area contributed by atoms with Crippen molar-refractivity contribution in [3.8, 4) is 0 Å². The van der Waals surface area contributed by atoms with Gasteiger partial charge in [-0.1, -0.05) is 0 Å². The first-order chi connectivity index (χ1) is 4.23. The molecule has 1 saturated carbocycles. The SMILES string of the molecule is Cl.O=C(O)C12CNC(C1)C2. The summed E-state index contributed by atoms with van der Waals surface area (Å²) < 4.78 is 0. The summed E-state index contributed by atoms with van der Waals surface area (Å²) in [5.74, 6) is -0.622. The van der Waals surface area contributed by atoms with Gasteiger partial charge in [-0.25, -0.2) is 0 Å². The van der Waals surface area contributed by atoms with E-state index in [1.165, 1.54) is 0 Å². The Morgan fingerprint density at radius 2 is 2.20 bits per heavy atom. The van der Waals surface area contributed by atoms with E-state index in [-0.39, 0.29) is 17.8 Å². The fourth-order valence-electron chi connectivity index (χ4n) is 1.76. The van der Waals surface area contributed by atoms with E-state index in [0.29, 0.717) is 12.6 Å². The Bertz CT molecular complexity index is 160. The molecule has 0 unspecified atom stereocenters. The fourth-order valence-corrected chi connectivity index (χ4v) is 1.76. The molecule has 3 aliphatic rings. The average molecular weight is 164 g/mol. The van der Waals surface area contributed by atoms with Crippen molar-refractivity contribution in [1.29, 1.82) is 0 Å². The summed E-state index contributed by atoms with van der Waals surface area (Å²) in [6.45, 7) is 0.687. The van der Waals surface area contributed by atoms with Crippen molar-refractivity contribution in [2.45, 2.75) is 18.9 Å². The number of halogens is 1. The summed E-state index contributed by atoms with van der Waals surface area (Å²) >= 11 is 0. The zero-order chi connectivity index (χ0) is 6.48. The van der Waals surface area contributed by atoms with E-state index in [2.05, 4.69) is 5.32 Å². The van der Waals surface area contributed by atoms with Gasteiger partial charge in [0.2, 0.25) is 0 Å². The average Bonchev–Trinajstić information content (AvgIpc) is 2.13. The second-order valence-corrected chi connectivity index (χ2v) is 3.07. The van der Waals surface area contributed by atoms with Crippen molar-refractivity contribution < 1.29 is 9.90 Å². The second kappa shape index (κ2) is 2.10. The van der Waals surface area contributed by atoms with E-state index in [0.717, 1.165) is 12.8 Å². The molecule has 2 aliphatic heterocycles. The van der Waals surface area contributed by atoms with Crippen molar-refractivity contribution in [2.75, 3.05) is 6.54 Å². The van der Waals surface area contributed by atoms with Crippen LogP contribution < -0.4 is 5.32 Å². The molecule has 3 nitrogen and oxygen atoms in total. The Kier molecular flexibility index (Phi) is 1.65. The maximum Gasteiger partial charge on any atom is 0.311 e. The van der Waals surface area contributed by atoms with E-state index < -0.39 is 5.97 Å². The molecule has 3 rings (SSSR count). The molecule has 0 spiro atoms. The number of carboxylic acids is 1. The Morgan fingerprint density at radius 3 is 2.40 bits per heavy atom. The molecule has 2 saturated heterocycles. The van der Waals surface area contributed by atoms with Gasteiger partial charge in [0.15, 0.2) is 0 Å². The molecule has 0 radical (unpaired) electrons. The lowest BCUT2D eigenvalue weighted by atomic mass is 9.70. The lowest BCUT2D eigenvalue weighted by Crippen LogP contribution is -2.40. The third-order valence-corrected chi connectivity index (χ3v) is 2.46. The Balaban J connectivity index is 0.000000500. The number of nitrogens with one attached hydrogen (secondary N) is 1. The molecule has 2 heterocycles. The van der Waals surface area contributed by atoms with E-state index in [9.17, 15) is 4.79 Å². The molecule has 10 heavy (non-hydrogen) atoms. The van der Waals surface area contributed by atoms with Gasteiger partial charge in [-0.2, -0.15) is 0 Å². The van der Waals surface area contributed by atoms with Gasteiger partial charge in [0.25, 0.3) is 0 Å². The monoisotopic (exact) mass is 163 g/mol. The molecule has 58 valence electrons. The zero-order valence-electron chi connectivity index (χ0n) is 5.46. The van der Waals surface area contributed by atoms with Crippen molar-refractivity contribution in [3.63, 3.8) is 0 Å². The van der Waals surface area contributed by atoms with Crippen LogP contribution in [0.2, 0.25) is 0 Å². The molecule has 2 bridgehead atoms. The second-order valence-electron chi connectivity index (χ2n) is 3.07. The van der Waals surface area contributed by atoms with Gasteiger partial charge in [-0.15, -0.1) is 12.4 Å². The maximum absolute atomic E-state index is 10.5. The predicted molar refractivity (Wildman–Crippen MR) is 38.3 cm³/mol. The largest absolute Gasteiger partial charge is 0.481 e. The van der Waals surface area contributed by atoms with Gasteiger partial charge in [-0.05, 0) is 12.8 Å². The van der Waals surface area contributed by atoms with Gasteiger partial charge in [0.05, 0.1) is 5.41 Å². The molecule has 1 aliphatic carbocycles. The van der Waals surface area contributed by atoms with Crippen LogP contribution in [0.25, 0.3) is 0 Å². The van der Waals surface area contributed by atoms with E-state index in [4.69, 9.17) is 5.11 Å². The lowest BCUT2D eigenvalue weighted by Gasteiger charge is -2.31. The molecule has 0 aromatic rings. The fraction of sp³-hybridized carbons (Fsp3) is 0.833. The predicted octanol–water partition coefficient (Wildman–Crippen LogP) is 0.245. The Labute approximate surface area is 65.2 Å². The summed E-state index contributed by atoms with van der Waals surface area (Å²) in [4.78, 5) is 10.5. The van der Waals surface area contributed by atoms with Gasteiger partial charge < -0.3 is 10.4 Å². The van der Waals surface area contributed by atoms with Crippen LogP contribution in [0, 0.1) is 5.41 Å². The highest BCUT2D eigenvalue weighted by Gasteiger charge is 2.55. The van der Waals surface area contributed by atoms with Gasteiger partial charge in [0.1, 0.15) is 0 Å². The quantitative estimate of drug-likeness (QED) is 0.583. The van der Waals surface area contributed by atoms with Crippen molar-refractivity contribution in [1.82, 2.24) is 5.32 Å². The van der Waals surface area contributed by atoms with Gasteiger partial charge in [-0.3, -0.25) is 4.79 Å². The van der Waals surface area contributed by atoms with Crippen LogP contribution in [0.3, 0.4) is 0 Å². The number of fused-ring (bicyclic) bond motifs is 1. The number of rotatable bonds is 1. The Morgan fingerprint density at radius 1 is 1.60 bits per heavy atom. The van der Waals surface area contributed by atoms with E-state index in [1.54, 1.807) is 0 Å². The minimum Gasteiger partial charge on any atom is -0.481 e. The third-order valence-electron chi connectivity index (χ3n) is 2.46. The van der Waals surface area contributed by atoms with Crippen molar-refractivity contribution in [3.05, 3.63) is 0 Å². The van der Waals surface area contributed by atoms with Gasteiger partial charge >= 0.3 is 5.97 Å². The number of carboxylic acid groups (broad SMARTS) is 1. The zero-order valence-corrected chi connectivity index (χ0v) is 6.28. The molecule has 4 heteroatoms. The normalized spacial score (nSPS) is 41.8. The Hall–Kier alpha value is -0.280. The first kappa shape index (κ1) is 7.82. The number of hydrogen-bond acceptors (Lipinski definition) is 2. The number of carbonyl (C=O) groups is 1. The minimum atomic E-state index is -0.622. The van der Waals surface area contributed by atoms with Crippen LogP contribution in [0.4, 0.5) is 0 Å². The summed E-state index contributed by atoms with van der Waals surface area (Å²) in [6, 6.07) is 0.515. The summed E-state index contributed by atoms with van der Waals surface area (Å²) in [5, 5.41) is 11.8. The molecule has 0 atom stereocenters. The van der Waals surface area contributed by atoms with E-state index in [1.807, 2.05) is 0 Å². The van der Waals surface area contributed by atoms with Crippen LogP contribution in [-0.4, -0.2) is 23.7 Å². The summed E-state index contributed by atoms with van der Waals surface area (Å²) in [6.07, 6.45) is 1.70. The van der Waals surface area contributed by atoms with Crippen LogP contribution in [0.1, 0.15) is 12.8 Å². The molecule has 0 aromatic heterocycles. The topological polar surface area (TPSA) is 49.3 Å². The molecule has 3 fully saturated rings. The smallest absolute Gasteiger partial charge is 0.311 e. The van der Waals surface area contributed by atoms with Crippen LogP contribution >= 0.6 is 12.4 Å². The number of aliphatic carboxylic acids is 1. The van der Waals surface area contributed by atoms with Crippen LogP contribution in [0.5, 0.6) is 0 Å². The van der Waals surface area contributed by atoms with Crippen molar-refractivity contribution >= 4 is 18.4 Å². The van der Waals surface area contributed by atoms with Crippen molar-refractivity contribution in [2.24, 2.45) is 5.41 Å². The first-order valence-corrected chi connectivity index (χ1v) is 3.20. The van der Waals surface area contributed by atoms with Crippen LogP contribution in [-0.2, 0) is 4.79 Å².